The molecule has 17 heavy (non-hydrogen) atoms. The van der Waals surface area contributed by atoms with E-state index in [1.54, 1.807) is 0 Å². The molecule has 3 nitrogen and oxygen atoms in total. The van der Waals surface area contributed by atoms with Crippen LogP contribution in [0.1, 0.15) is 39.5 Å². The van der Waals surface area contributed by atoms with Crippen LogP contribution in [0.3, 0.4) is 0 Å². The molecule has 0 aromatic carbocycles. The van der Waals surface area contributed by atoms with Crippen LogP contribution in [0.25, 0.3) is 0 Å². The number of thioether (sulfide) groups is 1. The predicted molar refractivity (Wildman–Crippen MR) is 75.5 cm³/mol. The zero-order chi connectivity index (χ0) is 12.7. The minimum Gasteiger partial charge on any atom is -0.341 e. The summed E-state index contributed by atoms with van der Waals surface area (Å²) in [7, 11) is 0. The average Bonchev–Trinajstić information content (AvgIpc) is 2.56. The number of hydrogen-bond acceptors (Lipinski definition) is 3. The Kier molecular flexibility index (Phi) is 6.97. The molecular weight excluding hydrogens is 232 g/mol. The summed E-state index contributed by atoms with van der Waals surface area (Å²) in [6.07, 6.45) is 6.97. The first kappa shape index (κ1) is 14.8. The highest BCUT2D eigenvalue weighted by molar-refractivity contribution is 7.98. The maximum absolute atomic E-state index is 12.2. The van der Waals surface area contributed by atoms with Gasteiger partial charge in [0.05, 0.1) is 6.04 Å². The standard InChI is InChI=1S/C13H26N2OS/c1-11(10-17-3)14-12(2)13(16)15-8-6-4-5-7-9-15/h11-12,14H,4-10H2,1-3H3. The van der Waals surface area contributed by atoms with Crippen LogP contribution in [0.5, 0.6) is 0 Å². The minimum absolute atomic E-state index is 0.0461. The molecule has 2 unspecified atom stereocenters. The van der Waals surface area contributed by atoms with Crippen LogP contribution in [-0.2, 0) is 4.79 Å². The van der Waals surface area contributed by atoms with Crippen molar-refractivity contribution in [2.75, 3.05) is 25.1 Å². The van der Waals surface area contributed by atoms with Crippen molar-refractivity contribution >= 4 is 17.7 Å². The van der Waals surface area contributed by atoms with Crippen LogP contribution < -0.4 is 5.32 Å². The molecule has 4 heteroatoms. The predicted octanol–water partition coefficient (Wildman–Crippen LogP) is 2.12. The van der Waals surface area contributed by atoms with Crippen molar-refractivity contribution in [3.05, 3.63) is 0 Å². The van der Waals surface area contributed by atoms with E-state index in [4.69, 9.17) is 0 Å². The van der Waals surface area contributed by atoms with Gasteiger partial charge in [0.15, 0.2) is 0 Å². The third-order valence-electron chi connectivity index (χ3n) is 3.24. The molecule has 1 aliphatic heterocycles. The fourth-order valence-electron chi connectivity index (χ4n) is 2.36. The lowest BCUT2D eigenvalue weighted by Crippen LogP contribution is -2.48. The van der Waals surface area contributed by atoms with Gasteiger partial charge in [-0.15, -0.1) is 0 Å². The number of rotatable bonds is 5. The molecule has 1 heterocycles. The number of carbonyl (C=O) groups excluding carboxylic acids is 1. The molecule has 0 aromatic rings. The molecule has 1 rings (SSSR count). The Hall–Kier alpha value is -0.220. The summed E-state index contributed by atoms with van der Waals surface area (Å²) in [5.74, 6) is 1.33. The molecule has 0 radical (unpaired) electrons. The number of nitrogens with one attached hydrogen (secondary N) is 1. The second-order valence-electron chi connectivity index (χ2n) is 4.98. The Morgan fingerprint density at radius 1 is 1.24 bits per heavy atom. The van der Waals surface area contributed by atoms with E-state index in [9.17, 15) is 4.79 Å². The van der Waals surface area contributed by atoms with E-state index in [0.717, 1.165) is 18.8 Å². The fraction of sp³-hybridized carbons (Fsp3) is 0.923. The topological polar surface area (TPSA) is 32.3 Å². The van der Waals surface area contributed by atoms with Gasteiger partial charge in [-0.2, -0.15) is 11.8 Å². The van der Waals surface area contributed by atoms with Crippen molar-refractivity contribution < 1.29 is 4.79 Å². The first-order valence-electron chi connectivity index (χ1n) is 6.69. The molecule has 0 saturated carbocycles. The molecule has 1 amide bonds. The maximum atomic E-state index is 12.2. The van der Waals surface area contributed by atoms with Gasteiger partial charge in [0.25, 0.3) is 0 Å². The van der Waals surface area contributed by atoms with Gasteiger partial charge in [0.1, 0.15) is 0 Å². The third-order valence-corrected chi connectivity index (χ3v) is 4.07. The first-order chi connectivity index (χ1) is 8.15. The normalized spacial score (nSPS) is 20.8. The summed E-state index contributed by atoms with van der Waals surface area (Å²) in [5.41, 5.74) is 0. The van der Waals surface area contributed by atoms with Crippen LogP contribution >= 0.6 is 11.8 Å². The highest BCUT2D eigenvalue weighted by atomic mass is 32.2. The largest absolute Gasteiger partial charge is 0.341 e. The number of likely N-dealkylation sites (tertiary alicyclic amines) is 1. The molecule has 1 aliphatic rings. The van der Waals surface area contributed by atoms with Crippen molar-refractivity contribution in [3.63, 3.8) is 0 Å². The number of hydrogen-bond donors (Lipinski definition) is 1. The van der Waals surface area contributed by atoms with Gasteiger partial charge in [-0.25, -0.2) is 0 Å². The Bertz CT molecular complexity index is 227. The summed E-state index contributed by atoms with van der Waals surface area (Å²) < 4.78 is 0. The number of carbonyl (C=O) groups is 1. The number of nitrogens with zero attached hydrogens (tertiary/aromatic N) is 1. The average molecular weight is 258 g/mol. The summed E-state index contributed by atoms with van der Waals surface area (Å²) >= 11 is 1.81. The lowest BCUT2D eigenvalue weighted by Gasteiger charge is -2.26. The van der Waals surface area contributed by atoms with Gasteiger partial charge in [-0.1, -0.05) is 12.8 Å². The van der Waals surface area contributed by atoms with E-state index in [1.807, 2.05) is 23.6 Å². The van der Waals surface area contributed by atoms with Gasteiger partial charge in [-0.3, -0.25) is 4.79 Å². The molecule has 0 aliphatic carbocycles. The van der Waals surface area contributed by atoms with Crippen molar-refractivity contribution in [2.24, 2.45) is 0 Å². The Labute approximate surface area is 110 Å². The monoisotopic (exact) mass is 258 g/mol. The molecule has 100 valence electrons. The molecular formula is C13H26N2OS. The van der Waals surface area contributed by atoms with E-state index in [-0.39, 0.29) is 11.9 Å². The molecule has 1 N–H and O–H groups in total. The Morgan fingerprint density at radius 3 is 2.35 bits per heavy atom. The second-order valence-corrected chi connectivity index (χ2v) is 5.89. The van der Waals surface area contributed by atoms with Crippen LogP contribution in [0.15, 0.2) is 0 Å². The lowest BCUT2D eigenvalue weighted by molar-refractivity contribution is -0.133. The first-order valence-corrected chi connectivity index (χ1v) is 8.08. The van der Waals surface area contributed by atoms with E-state index >= 15 is 0 Å². The smallest absolute Gasteiger partial charge is 0.239 e. The van der Waals surface area contributed by atoms with E-state index < -0.39 is 0 Å². The molecule has 2 atom stereocenters. The molecule has 0 spiro atoms. The summed E-state index contributed by atoms with van der Waals surface area (Å²) in [4.78, 5) is 14.3. The SMILES string of the molecule is CSCC(C)NC(C)C(=O)N1CCCCCC1. The van der Waals surface area contributed by atoms with Crippen LogP contribution in [-0.4, -0.2) is 48.0 Å². The summed E-state index contributed by atoms with van der Waals surface area (Å²) in [6.45, 7) is 6.02. The van der Waals surface area contributed by atoms with Crippen LogP contribution in [0.2, 0.25) is 0 Å². The van der Waals surface area contributed by atoms with Crippen molar-refractivity contribution in [3.8, 4) is 0 Å². The molecule has 0 bridgehead atoms. The van der Waals surface area contributed by atoms with Crippen molar-refractivity contribution in [1.82, 2.24) is 10.2 Å². The van der Waals surface area contributed by atoms with Gasteiger partial charge < -0.3 is 10.2 Å². The summed E-state index contributed by atoms with van der Waals surface area (Å²) in [6, 6.07) is 0.353. The number of amides is 1. The lowest BCUT2D eigenvalue weighted by atomic mass is 10.2. The Morgan fingerprint density at radius 2 is 1.82 bits per heavy atom. The second kappa shape index (κ2) is 7.98. The zero-order valence-corrected chi connectivity index (χ0v) is 12.2. The summed E-state index contributed by atoms with van der Waals surface area (Å²) in [5, 5.41) is 3.39. The Balaban J connectivity index is 2.38. The molecule has 1 saturated heterocycles. The van der Waals surface area contributed by atoms with Crippen LogP contribution in [0, 0.1) is 0 Å². The quantitative estimate of drug-likeness (QED) is 0.820. The highest BCUT2D eigenvalue weighted by Gasteiger charge is 2.22. The molecule has 1 fully saturated rings. The van der Waals surface area contributed by atoms with Gasteiger partial charge >= 0.3 is 0 Å². The minimum atomic E-state index is -0.0461. The van der Waals surface area contributed by atoms with Gasteiger partial charge in [-0.05, 0) is 32.9 Å². The third kappa shape index (κ3) is 5.30. The maximum Gasteiger partial charge on any atom is 0.239 e. The van der Waals surface area contributed by atoms with E-state index in [0.29, 0.717) is 6.04 Å². The van der Waals surface area contributed by atoms with Crippen molar-refractivity contribution in [1.29, 1.82) is 0 Å². The zero-order valence-electron chi connectivity index (χ0n) is 11.4. The molecule has 0 aromatic heterocycles. The van der Waals surface area contributed by atoms with E-state index in [2.05, 4.69) is 18.5 Å². The van der Waals surface area contributed by atoms with Crippen molar-refractivity contribution in [2.45, 2.75) is 51.6 Å². The van der Waals surface area contributed by atoms with E-state index in [1.165, 1.54) is 25.7 Å². The van der Waals surface area contributed by atoms with Gasteiger partial charge in [0, 0.05) is 24.9 Å². The highest BCUT2D eigenvalue weighted by Crippen LogP contribution is 2.11. The fourth-order valence-corrected chi connectivity index (χ4v) is 2.96. The van der Waals surface area contributed by atoms with Crippen LogP contribution in [0.4, 0.5) is 0 Å². The van der Waals surface area contributed by atoms with Gasteiger partial charge in [0.2, 0.25) is 5.91 Å².